The lowest BCUT2D eigenvalue weighted by atomic mass is 9.90. The highest BCUT2D eigenvalue weighted by atomic mass is 35.5. The highest BCUT2D eigenvalue weighted by Gasteiger charge is 2.55. The van der Waals surface area contributed by atoms with Gasteiger partial charge in [-0.25, -0.2) is 23.6 Å². The van der Waals surface area contributed by atoms with Crippen LogP contribution in [-0.2, 0) is 17.5 Å². The monoisotopic (exact) mass is 488 g/mol. The number of rotatable bonds is 3. The average molecular weight is 489 g/mol. The van der Waals surface area contributed by atoms with Gasteiger partial charge in [-0.15, -0.1) is 0 Å². The van der Waals surface area contributed by atoms with Crippen molar-refractivity contribution in [3.63, 3.8) is 0 Å². The molecule has 1 heterocycles. The molecule has 2 aromatic carbocycles. The molecule has 5 nitrogen and oxygen atoms in total. The van der Waals surface area contributed by atoms with Crippen molar-refractivity contribution in [2.45, 2.75) is 50.6 Å². The fourth-order valence-electron chi connectivity index (χ4n) is 4.20. The highest BCUT2D eigenvalue weighted by Crippen LogP contribution is 2.43. The fourth-order valence-corrected chi connectivity index (χ4v) is 4.40. The van der Waals surface area contributed by atoms with Crippen LogP contribution in [0.25, 0.3) is 0 Å². The SMILES string of the molecule is O=C1OC2(CCCCC2)N(C(=O)c2cc(C(F)(F)F)ccc2Cl)N1Cc1ccc(F)c(F)c1. The van der Waals surface area contributed by atoms with Crippen LogP contribution in [0.2, 0.25) is 5.02 Å². The van der Waals surface area contributed by atoms with Crippen LogP contribution < -0.4 is 0 Å². The molecular formula is C22H18ClF5N2O3. The number of carbonyl (C=O) groups is 2. The number of alkyl halides is 3. The van der Waals surface area contributed by atoms with Crippen molar-refractivity contribution in [1.82, 2.24) is 10.0 Å². The lowest BCUT2D eigenvalue weighted by Gasteiger charge is -2.40. The lowest BCUT2D eigenvalue weighted by molar-refractivity contribution is -0.137. The van der Waals surface area contributed by atoms with E-state index in [1.807, 2.05) is 0 Å². The van der Waals surface area contributed by atoms with E-state index in [9.17, 15) is 31.5 Å². The summed E-state index contributed by atoms with van der Waals surface area (Å²) in [5, 5.41) is 1.65. The highest BCUT2D eigenvalue weighted by molar-refractivity contribution is 6.33. The van der Waals surface area contributed by atoms with Gasteiger partial charge in [0.25, 0.3) is 5.91 Å². The maximum Gasteiger partial charge on any atom is 0.431 e. The molecule has 1 aliphatic carbocycles. The minimum absolute atomic E-state index is 0.159. The Labute approximate surface area is 190 Å². The molecule has 176 valence electrons. The van der Waals surface area contributed by atoms with Crippen molar-refractivity contribution in [1.29, 1.82) is 0 Å². The smallest absolute Gasteiger partial charge is 0.419 e. The Morgan fingerprint density at radius 3 is 2.36 bits per heavy atom. The predicted molar refractivity (Wildman–Crippen MR) is 107 cm³/mol. The van der Waals surface area contributed by atoms with E-state index in [4.69, 9.17) is 16.3 Å². The van der Waals surface area contributed by atoms with Crippen LogP contribution in [0.5, 0.6) is 0 Å². The Bertz CT molecular complexity index is 1100. The first-order chi connectivity index (χ1) is 15.5. The van der Waals surface area contributed by atoms with Crippen LogP contribution in [0.1, 0.15) is 53.6 Å². The molecule has 1 saturated heterocycles. The Morgan fingerprint density at radius 2 is 1.73 bits per heavy atom. The first-order valence-electron chi connectivity index (χ1n) is 10.2. The molecule has 0 radical (unpaired) electrons. The van der Waals surface area contributed by atoms with Crippen LogP contribution in [0.15, 0.2) is 36.4 Å². The number of halogens is 6. The minimum Gasteiger partial charge on any atom is -0.419 e. The number of nitrogens with zero attached hydrogens (tertiary/aromatic N) is 2. The third kappa shape index (κ3) is 4.36. The fraction of sp³-hybridized carbons (Fsp3) is 0.364. The zero-order valence-corrected chi connectivity index (χ0v) is 17.8. The van der Waals surface area contributed by atoms with Gasteiger partial charge in [0, 0.05) is 12.8 Å². The van der Waals surface area contributed by atoms with Gasteiger partial charge >= 0.3 is 12.3 Å². The Hall–Kier alpha value is -2.88. The topological polar surface area (TPSA) is 49.9 Å². The number of benzene rings is 2. The maximum absolute atomic E-state index is 13.7. The molecule has 1 spiro atoms. The van der Waals surface area contributed by atoms with Gasteiger partial charge in [-0.3, -0.25) is 4.79 Å². The largest absolute Gasteiger partial charge is 0.431 e. The predicted octanol–water partition coefficient (Wildman–Crippen LogP) is 6.31. The normalized spacial score (nSPS) is 18.1. The van der Waals surface area contributed by atoms with Crippen molar-refractivity contribution in [3.05, 3.63) is 69.7 Å². The number of hydrogen-bond acceptors (Lipinski definition) is 3. The second-order valence-corrected chi connectivity index (χ2v) is 8.40. The third-order valence-corrected chi connectivity index (χ3v) is 6.11. The van der Waals surface area contributed by atoms with Crippen LogP contribution in [0.4, 0.5) is 26.7 Å². The van der Waals surface area contributed by atoms with E-state index in [2.05, 4.69) is 0 Å². The quantitative estimate of drug-likeness (QED) is 0.476. The molecule has 33 heavy (non-hydrogen) atoms. The van der Waals surface area contributed by atoms with Crippen LogP contribution in [0, 0.1) is 11.6 Å². The maximum atomic E-state index is 13.7. The molecule has 2 aromatic rings. The lowest BCUT2D eigenvalue weighted by Crippen LogP contribution is -2.54. The zero-order valence-electron chi connectivity index (χ0n) is 17.1. The summed E-state index contributed by atoms with van der Waals surface area (Å²) in [5.41, 5.74) is -2.77. The minimum atomic E-state index is -4.72. The molecule has 0 bridgehead atoms. The molecule has 2 fully saturated rings. The van der Waals surface area contributed by atoms with E-state index in [1.165, 1.54) is 6.07 Å². The summed E-state index contributed by atoms with van der Waals surface area (Å²) < 4.78 is 72.4. The number of ether oxygens (including phenoxy) is 1. The standard InChI is InChI=1S/C22H18ClF5N2O3/c23-16-6-5-14(22(26,27)28)11-15(16)19(31)30-21(8-2-1-3-9-21)33-20(32)29(30)12-13-4-7-17(24)18(25)10-13/h4-7,10-11H,1-3,8-9,12H2. The summed E-state index contributed by atoms with van der Waals surface area (Å²) >= 11 is 6.08. The molecule has 0 atom stereocenters. The van der Waals surface area contributed by atoms with Crippen molar-refractivity contribution < 1.29 is 36.3 Å². The van der Waals surface area contributed by atoms with Gasteiger partial charge in [0.1, 0.15) is 0 Å². The number of hydrazine groups is 1. The summed E-state index contributed by atoms with van der Waals surface area (Å²) in [6.45, 7) is -0.361. The summed E-state index contributed by atoms with van der Waals surface area (Å²) in [4.78, 5) is 26.3. The molecule has 0 unspecified atom stereocenters. The average Bonchev–Trinajstić information content (AvgIpc) is 3.00. The van der Waals surface area contributed by atoms with Gasteiger partial charge in [-0.2, -0.15) is 13.2 Å². The molecule has 1 saturated carbocycles. The van der Waals surface area contributed by atoms with Crippen LogP contribution in [0.3, 0.4) is 0 Å². The van der Waals surface area contributed by atoms with Gasteiger partial charge in [-0.1, -0.05) is 24.1 Å². The van der Waals surface area contributed by atoms with E-state index >= 15 is 0 Å². The van der Waals surface area contributed by atoms with Gasteiger partial charge in [-0.05, 0) is 48.7 Å². The number of hydrogen-bond donors (Lipinski definition) is 0. The van der Waals surface area contributed by atoms with Gasteiger partial charge < -0.3 is 4.74 Å². The van der Waals surface area contributed by atoms with Gasteiger partial charge in [0.2, 0.25) is 5.72 Å². The van der Waals surface area contributed by atoms with Crippen molar-refractivity contribution >= 4 is 23.6 Å². The summed E-state index contributed by atoms with van der Waals surface area (Å²) in [6.07, 6.45) is -3.03. The van der Waals surface area contributed by atoms with E-state index in [-0.39, 0.29) is 30.0 Å². The Morgan fingerprint density at radius 1 is 1.03 bits per heavy atom. The first-order valence-corrected chi connectivity index (χ1v) is 10.6. The molecule has 11 heteroatoms. The molecule has 4 rings (SSSR count). The molecular weight excluding hydrogens is 471 g/mol. The van der Waals surface area contributed by atoms with Crippen molar-refractivity contribution in [3.8, 4) is 0 Å². The summed E-state index contributed by atoms with van der Waals surface area (Å²) in [6, 6.07) is 5.31. The molecule has 2 amide bonds. The second-order valence-electron chi connectivity index (χ2n) is 7.99. The summed E-state index contributed by atoms with van der Waals surface area (Å²) in [7, 11) is 0. The van der Waals surface area contributed by atoms with E-state index in [0.717, 1.165) is 40.7 Å². The van der Waals surface area contributed by atoms with Gasteiger partial charge in [0.15, 0.2) is 11.6 Å². The van der Waals surface area contributed by atoms with Gasteiger partial charge in [0.05, 0.1) is 22.7 Å². The van der Waals surface area contributed by atoms with Crippen molar-refractivity contribution in [2.24, 2.45) is 0 Å². The zero-order chi connectivity index (χ0) is 24.0. The van der Waals surface area contributed by atoms with E-state index < -0.39 is 46.7 Å². The molecule has 0 N–H and O–H groups in total. The third-order valence-electron chi connectivity index (χ3n) is 5.78. The Kier molecular flexibility index (Phi) is 5.98. The molecule has 2 aliphatic rings. The number of amides is 2. The Balaban J connectivity index is 1.77. The van der Waals surface area contributed by atoms with E-state index in [0.29, 0.717) is 18.9 Å². The van der Waals surface area contributed by atoms with E-state index in [1.54, 1.807) is 0 Å². The second kappa shape index (κ2) is 8.48. The first kappa shape index (κ1) is 23.3. The summed E-state index contributed by atoms with van der Waals surface area (Å²) in [5.74, 6) is -3.19. The molecule has 1 aliphatic heterocycles. The van der Waals surface area contributed by atoms with Crippen LogP contribution in [-0.4, -0.2) is 27.7 Å². The molecule has 0 aromatic heterocycles. The van der Waals surface area contributed by atoms with Crippen LogP contribution >= 0.6 is 11.6 Å². The van der Waals surface area contributed by atoms with Crippen molar-refractivity contribution in [2.75, 3.05) is 0 Å². The number of carbonyl (C=O) groups excluding carboxylic acids is 2.